The highest BCUT2D eigenvalue weighted by molar-refractivity contribution is 5.71. The van der Waals surface area contributed by atoms with E-state index in [2.05, 4.69) is 95.2 Å². The molecular formula is C30H23N3. The maximum Gasteiger partial charge on any atom is 0.113 e. The minimum atomic E-state index is 0.849. The normalized spacial score (nSPS) is 11.4. The number of hydrogen-bond acceptors (Lipinski definition) is 2. The lowest BCUT2D eigenvalue weighted by molar-refractivity contribution is 0.754. The molecule has 158 valence electrons. The summed E-state index contributed by atoms with van der Waals surface area (Å²) in [5.41, 5.74) is 7.47. The van der Waals surface area contributed by atoms with Gasteiger partial charge in [-0.25, -0.2) is 0 Å². The van der Waals surface area contributed by atoms with Gasteiger partial charge in [0.05, 0.1) is 11.9 Å². The number of nitrogens with zero attached hydrogens (tertiary/aromatic N) is 3. The number of benzene rings is 4. The highest BCUT2D eigenvalue weighted by atomic mass is 15.5. The molecule has 0 aliphatic rings. The number of aromatic nitrogens is 3. The lowest BCUT2D eigenvalue weighted by Gasteiger charge is -2.01. The highest BCUT2D eigenvalue weighted by Gasteiger charge is 2.05. The molecule has 3 nitrogen and oxygen atoms in total. The Morgan fingerprint density at radius 2 is 0.939 bits per heavy atom. The van der Waals surface area contributed by atoms with Crippen LogP contribution in [0.15, 0.2) is 115 Å². The predicted octanol–water partition coefficient (Wildman–Crippen LogP) is 7.28. The number of rotatable bonds is 6. The van der Waals surface area contributed by atoms with Crippen LogP contribution in [0, 0.1) is 0 Å². The third kappa shape index (κ3) is 5.23. The van der Waals surface area contributed by atoms with Crippen molar-refractivity contribution < 1.29 is 0 Å². The van der Waals surface area contributed by atoms with Crippen molar-refractivity contribution in [3.8, 4) is 16.9 Å². The van der Waals surface area contributed by atoms with Crippen molar-refractivity contribution in [3.63, 3.8) is 0 Å². The van der Waals surface area contributed by atoms with E-state index in [1.54, 1.807) is 11.0 Å². The molecule has 5 aromatic rings. The maximum absolute atomic E-state index is 4.67. The summed E-state index contributed by atoms with van der Waals surface area (Å²) < 4.78 is 0. The lowest BCUT2D eigenvalue weighted by Crippen LogP contribution is -1.98. The first kappa shape index (κ1) is 20.4. The molecule has 1 aromatic heterocycles. The summed E-state index contributed by atoms with van der Waals surface area (Å²) in [6.45, 7) is 0. The Kier molecular flexibility index (Phi) is 6.03. The second-order valence-corrected chi connectivity index (χ2v) is 7.72. The molecule has 5 rings (SSSR count). The van der Waals surface area contributed by atoms with E-state index in [9.17, 15) is 0 Å². The van der Waals surface area contributed by atoms with E-state index in [1.807, 2.05) is 48.5 Å². The summed E-state index contributed by atoms with van der Waals surface area (Å²) in [5, 5.41) is 9.12. The summed E-state index contributed by atoms with van der Waals surface area (Å²) in [5.74, 6) is 0. The Morgan fingerprint density at radius 3 is 1.45 bits per heavy atom. The molecule has 33 heavy (non-hydrogen) atoms. The Hall–Kier alpha value is -4.50. The molecule has 0 saturated heterocycles. The first-order valence-corrected chi connectivity index (χ1v) is 10.9. The maximum atomic E-state index is 4.67. The van der Waals surface area contributed by atoms with Gasteiger partial charge in [0.1, 0.15) is 5.69 Å². The Balaban J connectivity index is 1.27. The average Bonchev–Trinajstić information content (AvgIpc) is 3.38. The molecule has 1 heterocycles. The summed E-state index contributed by atoms with van der Waals surface area (Å²) in [4.78, 5) is 1.67. The Bertz CT molecular complexity index is 1250. The van der Waals surface area contributed by atoms with E-state index in [4.69, 9.17) is 0 Å². The van der Waals surface area contributed by atoms with Gasteiger partial charge in [-0.1, -0.05) is 121 Å². The fraction of sp³-hybridized carbons (Fsp3) is 0. The first-order chi connectivity index (χ1) is 16.3. The summed E-state index contributed by atoms with van der Waals surface area (Å²) in [6.07, 6.45) is 10.2. The standard InChI is InChI=1S/C30H23N3/c1-3-7-24(8-4-1)11-13-26-15-19-28(20-16-26)30-23-31-33(32-30)29-21-17-27(18-22-29)14-12-25-9-5-2-6-10-25/h1-23H/b13-11+,14-12+. The van der Waals surface area contributed by atoms with Crippen LogP contribution in [-0.2, 0) is 0 Å². The van der Waals surface area contributed by atoms with Gasteiger partial charge in [0.25, 0.3) is 0 Å². The van der Waals surface area contributed by atoms with Gasteiger partial charge in [0.15, 0.2) is 0 Å². The van der Waals surface area contributed by atoms with Crippen LogP contribution in [0.2, 0.25) is 0 Å². The first-order valence-electron chi connectivity index (χ1n) is 10.9. The van der Waals surface area contributed by atoms with E-state index in [1.165, 1.54) is 11.1 Å². The van der Waals surface area contributed by atoms with Crippen LogP contribution >= 0.6 is 0 Å². The van der Waals surface area contributed by atoms with Crippen LogP contribution in [0.25, 0.3) is 41.2 Å². The zero-order valence-electron chi connectivity index (χ0n) is 18.1. The molecule has 0 amide bonds. The fourth-order valence-electron chi connectivity index (χ4n) is 3.52. The van der Waals surface area contributed by atoms with Gasteiger partial charge in [-0.2, -0.15) is 9.90 Å². The van der Waals surface area contributed by atoms with Crippen molar-refractivity contribution in [1.29, 1.82) is 0 Å². The van der Waals surface area contributed by atoms with E-state index < -0.39 is 0 Å². The highest BCUT2D eigenvalue weighted by Crippen LogP contribution is 2.19. The summed E-state index contributed by atoms with van der Waals surface area (Å²) >= 11 is 0. The largest absolute Gasteiger partial charge is 0.156 e. The van der Waals surface area contributed by atoms with Crippen LogP contribution in [0.4, 0.5) is 0 Å². The predicted molar refractivity (Wildman–Crippen MR) is 138 cm³/mol. The third-order valence-corrected chi connectivity index (χ3v) is 5.36. The van der Waals surface area contributed by atoms with Crippen LogP contribution in [0.5, 0.6) is 0 Å². The summed E-state index contributed by atoms with van der Waals surface area (Å²) in [6, 6.07) is 37.2. The molecule has 4 aromatic carbocycles. The smallest absolute Gasteiger partial charge is 0.113 e. The van der Waals surface area contributed by atoms with E-state index >= 15 is 0 Å². The minimum absolute atomic E-state index is 0.849. The van der Waals surface area contributed by atoms with E-state index in [0.29, 0.717) is 0 Å². The molecule has 0 unspecified atom stereocenters. The van der Waals surface area contributed by atoms with Crippen molar-refractivity contribution >= 4 is 24.3 Å². The molecule has 0 radical (unpaired) electrons. The average molecular weight is 426 g/mol. The van der Waals surface area contributed by atoms with E-state index in [0.717, 1.165) is 28.1 Å². The SMILES string of the molecule is C(=C\c1ccc(-c2cnn(-c3ccc(/C=C/c4ccccc4)cc3)n2)cc1)/c1ccccc1. The van der Waals surface area contributed by atoms with Gasteiger partial charge in [-0.15, -0.1) is 5.10 Å². The van der Waals surface area contributed by atoms with Gasteiger partial charge >= 0.3 is 0 Å². The van der Waals surface area contributed by atoms with Crippen LogP contribution in [-0.4, -0.2) is 15.0 Å². The molecule has 0 atom stereocenters. The van der Waals surface area contributed by atoms with Crippen molar-refractivity contribution in [3.05, 3.63) is 138 Å². The fourth-order valence-corrected chi connectivity index (χ4v) is 3.52. The topological polar surface area (TPSA) is 30.7 Å². The van der Waals surface area contributed by atoms with Gasteiger partial charge in [-0.3, -0.25) is 0 Å². The van der Waals surface area contributed by atoms with Crippen molar-refractivity contribution in [1.82, 2.24) is 15.0 Å². The van der Waals surface area contributed by atoms with Crippen LogP contribution in [0.3, 0.4) is 0 Å². The van der Waals surface area contributed by atoms with Gasteiger partial charge in [0, 0.05) is 5.56 Å². The molecular weight excluding hydrogens is 402 g/mol. The second-order valence-electron chi connectivity index (χ2n) is 7.72. The molecule has 0 aliphatic heterocycles. The van der Waals surface area contributed by atoms with Crippen LogP contribution in [0.1, 0.15) is 22.3 Å². The van der Waals surface area contributed by atoms with Crippen molar-refractivity contribution in [2.75, 3.05) is 0 Å². The second kappa shape index (κ2) is 9.75. The zero-order chi connectivity index (χ0) is 22.3. The summed E-state index contributed by atoms with van der Waals surface area (Å²) in [7, 11) is 0. The van der Waals surface area contributed by atoms with E-state index in [-0.39, 0.29) is 0 Å². The quantitative estimate of drug-likeness (QED) is 0.268. The lowest BCUT2D eigenvalue weighted by atomic mass is 10.1. The van der Waals surface area contributed by atoms with Gasteiger partial charge < -0.3 is 0 Å². The molecule has 3 heteroatoms. The molecule has 0 aliphatic carbocycles. The van der Waals surface area contributed by atoms with Gasteiger partial charge in [-0.05, 0) is 34.4 Å². The third-order valence-electron chi connectivity index (χ3n) is 5.36. The molecule has 0 N–H and O–H groups in total. The van der Waals surface area contributed by atoms with Crippen molar-refractivity contribution in [2.24, 2.45) is 0 Å². The Morgan fingerprint density at radius 1 is 0.485 bits per heavy atom. The van der Waals surface area contributed by atoms with Crippen molar-refractivity contribution in [2.45, 2.75) is 0 Å². The molecule has 0 spiro atoms. The molecule has 0 saturated carbocycles. The number of hydrogen-bond donors (Lipinski definition) is 0. The van der Waals surface area contributed by atoms with Gasteiger partial charge in [0.2, 0.25) is 0 Å². The molecule has 0 fully saturated rings. The minimum Gasteiger partial charge on any atom is -0.156 e. The molecule has 0 bridgehead atoms. The zero-order valence-corrected chi connectivity index (χ0v) is 18.1. The van der Waals surface area contributed by atoms with Crippen LogP contribution < -0.4 is 0 Å². The Labute approximate surface area is 194 Å². The monoisotopic (exact) mass is 425 g/mol.